The SMILES string of the molecule is C=C(C)c1cc(C2CC2)ccc1N. The number of allylic oxidation sites excluding steroid dienone is 1. The zero-order chi connectivity index (χ0) is 9.42. The lowest BCUT2D eigenvalue weighted by molar-refractivity contribution is 1.13. The zero-order valence-corrected chi connectivity index (χ0v) is 8.01. The fourth-order valence-corrected chi connectivity index (χ4v) is 1.61. The Hall–Kier alpha value is -1.24. The summed E-state index contributed by atoms with van der Waals surface area (Å²) in [5.74, 6) is 0.790. The highest BCUT2D eigenvalue weighted by molar-refractivity contribution is 5.73. The number of rotatable bonds is 2. The molecule has 0 bridgehead atoms. The topological polar surface area (TPSA) is 26.0 Å². The van der Waals surface area contributed by atoms with Gasteiger partial charge in [-0.2, -0.15) is 0 Å². The van der Waals surface area contributed by atoms with Gasteiger partial charge in [-0.3, -0.25) is 0 Å². The summed E-state index contributed by atoms with van der Waals surface area (Å²) < 4.78 is 0. The lowest BCUT2D eigenvalue weighted by atomic mass is 10.0. The second kappa shape index (κ2) is 2.91. The van der Waals surface area contributed by atoms with E-state index in [-0.39, 0.29) is 0 Å². The molecule has 1 saturated carbocycles. The maximum absolute atomic E-state index is 5.85. The number of nitrogen functional groups attached to an aromatic ring is 1. The quantitative estimate of drug-likeness (QED) is 0.683. The molecule has 1 aromatic rings. The van der Waals surface area contributed by atoms with Crippen molar-refractivity contribution in [3.63, 3.8) is 0 Å². The molecule has 0 saturated heterocycles. The Morgan fingerprint density at radius 2 is 2.15 bits per heavy atom. The van der Waals surface area contributed by atoms with Gasteiger partial charge in [0.15, 0.2) is 0 Å². The number of benzene rings is 1. The first-order valence-corrected chi connectivity index (χ1v) is 4.74. The van der Waals surface area contributed by atoms with Gasteiger partial charge in [-0.25, -0.2) is 0 Å². The predicted molar refractivity (Wildman–Crippen MR) is 57.5 cm³/mol. The molecule has 1 nitrogen and oxygen atoms in total. The summed E-state index contributed by atoms with van der Waals surface area (Å²) in [7, 11) is 0. The van der Waals surface area contributed by atoms with Crippen LogP contribution in [0.25, 0.3) is 5.57 Å². The van der Waals surface area contributed by atoms with Gasteiger partial charge >= 0.3 is 0 Å². The van der Waals surface area contributed by atoms with Crippen LogP contribution in [0.15, 0.2) is 24.8 Å². The second-order valence-electron chi connectivity index (χ2n) is 3.90. The normalized spacial score (nSPS) is 15.8. The first-order valence-electron chi connectivity index (χ1n) is 4.74. The van der Waals surface area contributed by atoms with Gasteiger partial charge in [0.05, 0.1) is 0 Å². The molecule has 1 aliphatic carbocycles. The molecule has 0 amide bonds. The van der Waals surface area contributed by atoms with E-state index in [0.717, 1.165) is 22.7 Å². The van der Waals surface area contributed by atoms with Crippen molar-refractivity contribution in [2.24, 2.45) is 0 Å². The van der Waals surface area contributed by atoms with Gasteiger partial charge in [0.2, 0.25) is 0 Å². The van der Waals surface area contributed by atoms with E-state index in [2.05, 4.69) is 18.7 Å². The van der Waals surface area contributed by atoms with Crippen molar-refractivity contribution in [3.05, 3.63) is 35.9 Å². The average Bonchev–Trinajstić information content (AvgIpc) is 2.87. The standard InChI is InChI=1S/C12H15N/c1-8(2)11-7-10(9-3-4-9)5-6-12(11)13/h5-7,9H,1,3-4,13H2,2H3. The van der Waals surface area contributed by atoms with Crippen LogP contribution in [0.2, 0.25) is 0 Å². The van der Waals surface area contributed by atoms with Crippen molar-refractivity contribution in [2.45, 2.75) is 25.7 Å². The third kappa shape index (κ3) is 1.59. The summed E-state index contributed by atoms with van der Waals surface area (Å²) in [6, 6.07) is 6.33. The zero-order valence-electron chi connectivity index (χ0n) is 8.01. The Balaban J connectivity index is 2.41. The van der Waals surface area contributed by atoms with Crippen LogP contribution in [-0.2, 0) is 0 Å². The molecule has 1 aliphatic rings. The largest absolute Gasteiger partial charge is 0.398 e. The number of nitrogens with two attached hydrogens (primary N) is 1. The van der Waals surface area contributed by atoms with Gasteiger partial charge in [0.1, 0.15) is 0 Å². The van der Waals surface area contributed by atoms with Gasteiger partial charge in [0, 0.05) is 5.69 Å². The van der Waals surface area contributed by atoms with E-state index in [9.17, 15) is 0 Å². The predicted octanol–water partition coefficient (Wildman–Crippen LogP) is 3.18. The van der Waals surface area contributed by atoms with E-state index >= 15 is 0 Å². The second-order valence-corrected chi connectivity index (χ2v) is 3.90. The molecule has 1 heteroatoms. The first kappa shape index (κ1) is 8.36. The summed E-state index contributed by atoms with van der Waals surface area (Å²) in [5.41, 5.74) is 10.3. The van der Waals surface area contributed by atoms with Crippen LogP contribution in [0.5, 0.6) is 0 Å². The summed E-state index contributed by atoms with van der Waals surface area (Å²) in [5, 5.41) is 0. The molecule has 1 aromatic carbocycles. The molecule has 0 aliphatic heterocycles. The van der Waals surface area contributed by atoms with Gasteiger partial charge < -0.3 is 5.73 Å². The van der Waals surface area contributed by atoms with Gasteiger partial charge in [-0.05, 0) is 54.5 Å². The monoisotopic (exact) mass is 173 g/mol. The van der Waals surface area contributed by atoms with E-state index in [0.29, 0.717) is 0 Å². The van der Waals surface area contributed by atoms with E-state index in [1.807, 2.05) is 13.0 Å². The van der Waals surface area contributed by atoms with Crippen molar-refractivity contribution in [2.75, 3.05) is 5.73 Å². The summed E-state index contributed by atoms with van der Waals surface area (Å²) in [6.07, 6.45) is 2.67. The Bertz CT molecular complexity index is 348. The van der Waals surface area contributed by atoms with E-state index in [4.69, 9.17) is 5.73 Å². The van der Waals surface area contributed by atoms with Gasteiger partial charge in [0.25, 0.3) is 0 Å². The van der Waals surface area contributed by atoms with E-state index < -0.39 is 0 Å². The van der Waals surface area contributed by atoms with Crippen LogP contribution in [0.4, 0.5) is 5.69 Å². The summed E-state index contributed by atoms with van der Waals surface area (Å²) in [4.78, 5) is 0. The van der Waals surface area contributed by atoms with Crippen molar-refractivity contribution < 1.29 is 0 Å². The molecule has 0 radical (unpaired) electrons. The van der Waals surface area contributed by atoms with E-state index in [1.165, 1.54) is 18.4 Å². The number of anilines is 1. The first-order chi connectivity index (χ1) is 6.18. The molecule has 13 heavy (non-hydrogen) atoms. The highest BCUT2D eigenvalue weighted by Gasteiger charge is 2.23. The third-order valence-corrected chi connectivity index (χ3v) is 2.59. The molecule has 0 atom stereocenters. The van der Waals surface area contributed by atoms with Crippen LogP contribution >= 0.6 is 0 Å². The number of hydrogen-bond donors (Lipinski definition) is 1. The minimum Gasteiger partial charge on any atom is -0.398 e. The number of hydrogen-bond acceptors (Lipinski definition) is 1. The molecule has 2 rings (SSSR count). The highest BCUT2D eigenvalue weighted by Crippen LogP contribution is 2.41. The van der Waals surface area contributed by atoms with Gasteiger partial charge in [-0.1, -0.05) is 12.6 Å². The van der Waals surface area contributed by atoms with Crippen LogP contribution in [0.1, 0.15) is 36.8 Å². The highest BCUT2D eigenvalue weighted by atomic mass is 14.6. The minimum absolute atomic E-state index is 0.790. The molecule has 0 heterocycles. The molecular formula is C12H15N. The molecule has 0 aromatic heterocycles. The Labute approximate surface area is 79.3 Å². The van der Waals surface area contributed by atoms with Gasteiger partial charge in [-0.15, -0.1) is 0 Å². The summed E-state index contributed by atoms with van der Waals surface area (Å²) in [6.45, 7) is 5.93. The van der Waals surface area contributed by atoms with Crippen LogP contribution in [0.3, 0.4) is 0 Å². The van der Waals surface area contributed by atoms with Crippen LogP contribution in [0, 0.1) is 0 Å². The Morgan fingerprint density at radius 1 is 1.46 bits per heavy atom. The average molecular weight is 173 g/mol. The smallest absolute Gasteiger partial charge is 0.0390 e. The lowest BCUT2D eigenvalue weighted by Crippen LogP contribution is -1.93. The molecular weight excluding hydrogens is 158 g/mol. The minimum atomic E-state index is 0.790. The fourth-order valence-electron chi connectivity index (χ4n) is 1.61. The van der Waals surface area contributed by atoms with Crippen molar-refractivity contribution in [1.82, 2.24) is 0 Å². The molecule has 1 fully saturated rings. The molecule has 0 unspecified atom stereocenters. The van der Waals surface area contributed by atoms with Crippen molar-refractivity contribution in [1.29, 1.82) is 0 Å². The molecule has 0 spiro atoms. The van der Waals surface area contributed by atoms with Crippen molar-refractivity contribution >= 4 is 11.3 Å². The maximum atomic E-state index is 5.85. The molecule has 68 valence electrons. The Morgan fingerprint density at radius 3 is 2.69 bits per heavy atom. The van der Waals surface area contributed by atoms with Crippen LogP contribution in [-0.4, -0.2) is 0 Å². The summed E-state index contributed by atoms with van der Waals surface area (Å²) >= 11 is 0. The lowest BCUT2D eigenvalue weighted by Gasteiger charge is -2.07. The molecule has 2 N–H and O–H groups in total. The van der Waals surface area contributed by atoms with E-state index in [1.54, 1.807) is 0 Å². The maximum Gasteiger partial charge on any atom is 0.0390 e. The Kier molecular flexibility index (Phi) is 1.87. The third-order valence-electron chi connectivity index (χ3n) is 2.59. The van der Waals surface area contributed by atoms with Crippen molar-refractivity contribution in [3.8, 4) is 0 Å². The van der Waals surface area contributed by atoms with Crippen LogP contribution < -0.4 is 5.73 Å². The fraction of sp³-hybridized carbons (Fsp3) is 0.333.